The van der Waals surface area contributed by atoms with E-state index >= 15 is 0 Å². The third kappa shape index (κ3) is 3.88. The first-order chi connectivity index (χ1) is 16.5. The third-order valence-corrected chi connectivity index (χ3v) is 6.57. The Labute approximate surface area is 196 Å². The summed E-state index contributed by atoms with van der Waals surface area (Å²) in [5, 5.41) is 0.772. The van der Waals surface area contributed by atoms with E-state index in [4.69, 9.17) is 9.47 Å². The number of fused-ring (bicyclic) bond motifs is 1. The molecule has 1 aromatic heterocycles. The molecule has 2 heterocycles. The molecule has 0 spiro atoms. The molecule has 174 valence electrons. The van der Waals surface area contributed by atoms with Crippen molar-refractivity contribution in [3.63, 3.8) is 0 Å². The number of nitrogens with zero attached hydrogens (tertiary/aromatic N) is 1. The Morgan fingerprint density at radius 1 is 1.00 bits per heavy atom. The van der Waals surface area contributed by atoms with Crippen molar-refractivity contribution in [1.29, 1.82) is 0 Å². The molecule has 1 saturated heterocycles. The summed E-state index contributed by atoms with van der Waals surface area (Å²) in [4.78, 5) is 12.0. The minimum Gasteiger partial charge on any atom is -0.465 e. The van der Waals surface area contributed by atoms with Gasteiger partial charge < -0.3 is 14.0 Å². The molecule has 0 N–H and O–H groups in total. The first-order valence-corrected chi connectivity index (χ1v) is 11.3. The molecule has 0 bridgehead atoms. The van der Waals surface area contributed by atoms with Gasteiger partial charge in [0.2, 0.25) is 0 Å². The molecule has 4 nitrogen and oxygen atoms in total. The van der Waals surface area contributed by atoms with Crippen LogP contribution in [0, 0.1) is 18.6 Å². The maximum absolute atomic E-state index is 14.5. The summed E-state index contributed by atoms with van der Waals surface area (Å²) >= 11 is 0. The highest BCUT2D eigenvalue weighted by atomic mass is 19.1. The van der Waals surface area contributed by atoms with Crippen molar-refractivity contribution in [1.82, 2.24) is 4.57 Å². The van der Waals surface area contributed by atoms with Crippen LogP contribution in [0.4, 0.5) is 8.78 Å². The molecule has 0 saturated carbocycles. The van der Waals surface area contributed by atoms with Crippen LogP contribution in [0.1, 0.15) is 40.4 Å². The zero-order valence-corrected chi connectivity index (χ0v) is 19.1. The second-order valence-electron chi connectivity index (χ2n) is 8.65. The lowest BCUT2D eigenvalue weighted by Gasteiger charge is -2.26. The van der Waals surface area contributed by atoms with Crippen molar-refractivity contribution in [2.75, 3.05) is 20.3 Å². The predicted molar refractivity (Wildman–Crippen MR) is 127 cm³/mol. The quantitative estimate of drug-likeness (QED) is 0.323. The van der Waals surface area contributed by atoms with Crippen LogP contribution in [0.3, 0.4) is 0 Å². The average molecular weight is 462 g/mol. The Bertz CT molecular complexity index is 1370. The number of halogens is 2. The highest BCUT2D eigenvalue weighted by Gasteiger charge is 2.28. The standard InChI is InChI=1S/C28H25F2NO3/c1-17-15-22(8-9-24(17)30)31-25-10-7-21(29)16-23(25)26(27(31)19-11-13-34-14-12-19)18-3-5-20(6-4-18)28(32)33-2/h3-10,15-16,19H,11-14H2,1-2H3. The molecular formula is C28H25F2NO3. The van der Waals surface area contributed by atoms with Crippen LogP contribution < -0.4 is 0 Å². The van der Waals surface area contributed by atoms with Crippen LogP contribution in [0.2, 0.25) is 0 Å². The van der Waals surface area contributed by atoms with E-state index < -0.39 is 5.97 Å². The number of ether oxygens (including phenoxy) is 2. The lowest BCUT2D eigenvalue weighted by molar-refractivity contribution is 0.0600. The van der Waals surface area contributed by atoms with E-state index in [0.29, 0.717) is 24.3 Å². The van der Waals surface area contributed by atoms with Crippen molar-refractivity contribution in [2.45, 2.75) is 25.7 Å². The molecule has 5 rings (SSSR count). The first-order valence-electron chi connectivity index (χ1n) is 11.3. The van der Waals surface area contributed by atoms with Gasteiger partial charge in [0, 0.05) is 41.5 Å². The zero-order valence-electron chi connectivity index (χ0n) is 19.1. The van der Waals surface area contributed by atoms with Crippen LogP contribution >= 0.6 is 0 Å². The maximum atomic E-state index is 14.5. The van der Waals surface area contributed by atoms with Crippen LogP contribution in [0.25, 0.3) is 27.7 Å². The van der Waals surface area contributed by atoms with Gasteiger partial charge in [-0.15, -0.1) is 0 Å². The molecule has 1 fully saturated rings. The first kappa shape index (κ1) is 22.3. The number of esters is 1. The molecule has 1 aliphatic rings. The summed E-state index contributed by atoms with van der Waals surface area (Å²) < 4.78 is 41.2. The Hall–Kier alpha value is -3.51. The van der Waals surface area contributed by atoms with E-state index in [1.807, 2.05) is 18.2 Å². The van der Waals surface area contributed by atoms with Gasteiger partial charge >= 0.3 is 5.97 Å². The van der Waals surface area contributed by atoms with Gasteiger partial charge in [0.15, 0.2) is 0 Å². The smallest absolute Gasteiger partial charge is 0.337 e. The van der Waals surface area contributed by atoms with Gasteiger partial charge in [-0.1, -0.05) is 12.1 Å². The maximum Gasteiger partial charge on any atom is 0.337 e. The number of rotatable bonds is 4. The SMILES string of the molecule is COC(=O)c1ccc(-c2c(C3CCOCC3)n(-c3ccc(F)c(C)c3)c3ccc(F)cc23)cc1. The van der Waals surface area contributed by atoms with Crippen LogP contribution in [-0.4, -0.2) is 30.9 Å². The number of aromatic nitrogens is 1. The normalized spacial score (nSPS) is 14.5. The molecule has 34 heavy (non-hydrogen) atoms. The molecule has 0 atom stereocenters. The second-order valence-corrected chi connectivity index (χ2v) is 8.65. The van der Waals surface area contributed by atoms with Gasteiger partial charge in [-0.2, -0.15) is 0 Å². The van der Waals surface area contributed by atoms with E-state index in [1.54, 1.807) is 37.3 Å². The van der Waals surface area contributed by atoms with E-state index in [-0.39, 0.29) is 17.6 Å². The minimum absolute atomic E-state index is 0.171. The summed E-state index contributed by atoms with van der Waals surface area (Å²) in [7, 11) is 1.35. The van der Waals surface area contributed by atoms with Crippen molar-refractivity contribution in [3.8, 4) is 16.8 Å². The number of benzene rings is 3. The van der Waals surface area contributed by atoms with E-state index in [0.717, 1.165) is 46.3 Å². The number of methoxy groups -OCH3 is 1. The summed E-state index contributed by atoms with van der Waals surface area (Å²) in [6, 6.07) is 17.0. The molecule has 0 unspecified atom stereocenters. The van der Waals surface area contributed by atoms with Crippen molar-refractivity contribution >= 4 is 16.9 Å². The van der Waals surface area contributed by atoms with Gasteiger partial charge in [0.05, 0.1) is 18.2 Å². The fourth-order valence-electron chi connectivity index (χ4n) is 4.88. The Morgan fingerprint density at radius 2 is 1.74 bits per heavy atom. The van der Waals surface area contributed by atoms with Gasteiger partial charge in [0.25, 0.3) is 0 Å². The zero-order chi connectivity index (χ0) is 23.8. The lowest BCUT2D eigenvalue weighted by atomic mass is 9.89. The van der Waals surface area contributed by atoms with E-state index in [2.05, 4.69) is 4.57 Å². The summed E-state index contributed by atoms with van der Waals surface area (Å²) in [6.07, 6.45) is 1.65. The molecule has 6 heteroatoms. The van der Waals surface area contributed by atoms with E-state index in [1.165, 1.54) is 19.2 Å². The Morgan fingerprint density at radius 3 is 2.41 bits per heavy atom. The van der Waals surface area contributed by atoms with Gasteiger partial charge in [-0.25, -0.2) is 13.6 Å². The average Bonchev–Trinajstić information content (AvgIpc) is 3.20. The van der Waals surface area contributed by atoms with Crippen molar-refractivity contribution in [3.05, 3.63) is 89.1 Å². The topological polar surface area (TPSA) is 40.5 Å². The van der Waals surface area contributed by atoms with Gasteiger partial charge in [0.1, 0.15) is 11.6 Å². The van der Waals surface area contributed by atoms with Gasteiger partial charge in [-0.05, 0) is 79.4 Å². The number of hydrogen-bond acceptors (Lipinski definition) is 3. The Balaban J connectivity index is 1.82. The molecule has 0 radical (unpaired) electrons. The van der Waals surface area contributed by atoms with E-state index in [9.17, 15) is 13.6 Å². The largest absolute Gasteiger partial charge is 0.465 e. The highest BCUT2D eigenvalue weighted by Crippen LogP contribution is 2.44. The fraction of sp³-hybridized carbons (Fsp3) is 0.250. The predicted octanol–water partition coefficient (Wildman–Crippen LogP) is 6.56. The lowest BCUT2D eigenvalue weighted by Crippen LogP contribution is -2.17. The number of hydrogen-bond donors (Lipinski definition) is 0. The molecular weight excluding hydrogens is 436 g/mol. The summed E-state index contributed by atoms with van der Waals surface area (Å²) in [5.41, 5.74) is 5.50. The number of carbonyl (C=O) groups excluding carboxylic acids is 1. The van der Waals surface area contributed by atoms with Crippen molar-refractivity contribution < 1.29 is 23.0 Å². The molecule has 3 aromatic carbocycles. The number of aryl methyl sites for hydroxylation is 1. The van der Waals surface area contributed by atoms with Crippen molar-refractivity contribution in [2.24, 2.45) is 0 Å². The fourth-order valence-corrected chi connectivity index (χ4v) is 4.88. The molecule has 0 aliphatic carbocycles. The van der Waals surface area contributed by atoms with Crippen LogP contribution in [-0.2, 0) is 9.47 Å². The van der Waals surface area contributed by atoms with Gasteiger partial charge in [-0.3, -0.25) is 0 Å². The molecule has 0 amide bonds. The third-order valence-electron chi connectivity index (χ3n) is 6.57. The van der Waals surface area contributed by atoms with Crippen LogP contribution in [0.5, 0.6) is 0 Å². The van der Waals surface area contributed by atoms with Crippen LogP contribution in [0.15, 0.2) is 60.7 Å². The molecule has 4 aromatic rings. The summed E-state index contributed by atoms with van der Waals surface area (Å²) in [5.74, 6) is -0.834. The Kier molecular flexibility index (Phi) is 5.92. The minimum atomic E-state index is -0.411. The molecule has 1 aliphatic heterocycles. The second kappa shape index (κ2) is 9.03. The summed E-state index contributed by atoms with van der Waals surface area (Å²) in [6.45, 7) is 3.03. The number of carbonyl (C=O) groups is 1. The highest BCUT2D eigenvalue weighted by molar-refractivity contribution is 6.00. The monoisotopic (exact) mass is 461 g/mol.